The van der Waals surface area contributed by atoms with Crippen molar-refractivity contribution < 1.29 is 0 Å². The number of hydrogen-bond donors (Lipinski definition) is 1. The lowest BCUT2D eigenvalue weighted by molar-refractivity contribution is 0.347. The maximum atomic E-state index is 9.24. The van der Waals surface area contributed by atoms with Gasteiger partial charge < -0.3 is 10.6 Å². The first kappa shape index (κ1) is 11.6. The molecule has 94 valence electrons. The second-order valence-corrected chi connectivity index (χ2v) is 5.49. The van der Waals surface area contributed by atoms with Gasteiger partial charge in [0.15, 0.2) is 0 Å². The first-order valence-electron chi connectivity index (χ1n) is 6.81. The molecule has 2 aliphatic heterocycles. The molecule has 2 saturated heterocycles. The second-order valence-electron chi connectivity index (χ2n) is 5.49. The van der Waals surface area contributed by atoms with Gasteiger partial charge in [-0.05, 0) is 50.3 Å². The third-order valence-electron chi connectivity index (χ3n) is 4.47. The molecule has 0 aromatic heterocycles. The predicted molar refractivity (Wildman–Crippen MR) is 72.2 cm³/mol. The largest absolute Gasteiger partial charge is 0.364 e. The van der Waals surface area contributed by atoms with Gasteiger partial charge in [0.2, 0.25) is 0 Å². The number of benzene rings is 1. The highest BCUT2D eigenvalue weighted by atomic mass is 15.2. The van der Waals surface area contributed by atoms with Crippen LogP contribution in [0.4, 0.5) is 5.69 Å². The summed E-state index contributed by atoms with van der Waals surface area (Å²) < 4.78 is 0. The maximum Gasteiger partial charge on any atom is 0.101 e. The third kappa shape index (κ3) is 1.77. The number of anilines is 1. The summed E-state index contributed by atoms with van der Waals surface area (Å²) in [5.41, 5.74) is 7.76. The summed E-state index contributed by atoms with van der Waals surface area (Å²) in [5, 5.41) is 9.24. The molecule has 3 rings (SSSR count). The van der Waals surface area contributed by atoms with Gasteiger partial charge >= 0.3 is 0 Å². The Morgan fingerprint density at radius 3 is 2.50 bits per heavy atom. The zero-order valence-electron chi connectivity index (χ0n) is 10.5. The number of nitrogens with zero attached hydrogens (tertiary/aromatic N) is 2. The SMILES string of the molecule is N#Cc1ccccc1N1C2CCC1CC(CN)C2. The zero-order valence-corrected chi connectivity index (χ0v) is 10.5. The Kier molecular flexibility index (Phi) is 2.97. The Labute approximate surface area is 108 Å². The van der Waals surface area contributed by atoms with E-state index < -0.39 is 0 Å². The summed E-state index contributed by atoms with van der Waals surface area (Å²) in [6.07, 6.45) is 4.88. The fraction of sp³-hybridized carbons (Fsp3) is 0.533. The lowest BCUT2D eigenvalue weighted by atomic mass is 9.90. The number of nitriles is 1. The molecule has 0 aliphatic carbocycles. The number of hydrogen-bond acceptors (Lipinski definition) is 3. The quantitative estimate of drug-likeness (QED) is 0.864. The van der Waals surface area contributed by atoms with E-state index in [1.807, 2.05) is 18.2 Å². The summed E-state index contributed by atoms with van der Waals surface area (Å²) in [4.78, 5) is 2.49. The Bertz CT molecular complexity index is 463. The Morgan fingerprint density at radius 2 is 1.89 bits per heavy atom. The lowest BCUT2D eigenvalue weighted by Gasteiger charge is -2.40. The molecule has 2 aliphatic rings. The van der Waals surface area contributed by atoms with Crippen molar-refractivity contribution in [1.82, 2.24) is 0 Å². The van der Waals surface area contributed by atoms with E-state index in [9.17, 15) is 5.26 Å². The lowest BCUT2D eigenvalue weighted by Crippen LogP contribution is -2.44. The molecule has 2 heterocycles. The van der Waals surface area contributed by atoms with Crippen LogP contribution in [0.25, 0.3) is 0 Å². The average molecular weight is 241 g/mol. The topological polar surface area (TPSA) is 53.0 Å². The van der Waals surface area contributed by atoms with Gasteiger partial charge in [-0.2, -0.15) is 5.26 Å². The van der Waals surface area contributed by atoms with Crippen LogP contribution in [-0.2, 0) is 0 Å². The summed E-state index contributed by atoms with van der Waals surface area (Å²) in [5.74, 6) is 0.674. The molecule has 2 atom stereocenters. The first-order chi connectivity index (χ1) is 8.83. The summed E-state index contributed by atoms with van der Waals surface area (Å²) in [6, 6.07) is 11.5. The molecular weight excluding hydrogens is 222 g/mol. The van der Waals surface area contributed by atoms with E-state index in [1.54, 1.807) is 0 Å². The van der Waals surface area contributed by atoms with E-state index in [-0.39, 0.29) is 0 Å². The minimum absolute atomic E-state index is 0.590. The van der Waals surface area contributed by atoms with Crippen molar-refractivity contribution in [1.29, 1.82) is 5.26 Å². The van der Waals surface area contributed by atoms with Gasteiger partial charge in [0.25, 0.3) is 0 Å². The van der Waals surface area contributed by atoms with Crippen LogP contribution < -0.4 is 10.6 Å². The van der Waals surface area contributed by atoms with Crippen molar-refractivity contribution in [2.75, 3.05) is 11.4 Å². The van der Waals surface area contributed by atoms with E-state index in [0.717, 1.165) is 17.8 Å². The van der Waals surface area contributed by atoms with Crippen molar-refractivity contribution in [2.45, 2.75) is 37.8 Å². The van der Waals surface area contributed by atoms with Gasteiger partial charge in [0.1, 0.15) is 6.07 Å². The molecule has 18 heavy (non-hydrogen) atoms. The standard InChI is InChI=1S/C15H19N3/c16-9-11-7-13-5-6-14(8-11)18(13)15-4-2-1-3-12(15)10-17/h1-4,11,13-14H,5-9,16H2. The van der Waals surface area contributed by atoms with Crippen molar-refractivity contribution in [3.8, 4) is 6.07 Å². The fourth-order valence-corrected chi connectivity index (χ4v) is 3.67. The van der Waals surface area contributed by atoms with Gasteiger partial charge in [-0.1, -0.05) is 12.1 Å². The minimum atomic E-state index is 0.590. The summed E-state index contributed by atoms with van der Waals surface area (Å²) in [7, 11) is 0. The van der Waals surface area contributed by atoms with Gasteiger partial charge in [0, 0.05) is 12.1 Å². The smallest absolute Gasteiger partial charge is 0.101 e. The van der Waals surface area contributed by atoms with Gasteiger partial charge in [-0.25, -0.2) is 0 Å². The highest BCUT2D eigenvalue weighted by molar-refractivity contribution is 5.61. The maximum absolute atomic E-state index is 9.24. The average Bonchev–Trinajstić information content (AvgIpc) is 2.68. The van der Waals surface area contributed by atoms with Crippen molar-refractivity contribution >= 4 is 5.69 Å². The second kappa shape index (κ2) is 4.62. The normalized spacial score (nSPS) is 30.2. The molecule has 3 nitrogen and oxygen atoms in total. The molecule has 0 amide bonds. The molecule has 0 radical (unpaired) electrons. The van der Waals surface area contributed by atoms with Crippen LogP contribution in [0.5, 0.6) is 0 Å². The van der Waals surface area contributed by atoms with E-state index in [0.29, 0.717) is 18.0 Å². The first-order valence-corrected chi connectivity index (χ1v) is 6.81. The minimum Gasteiger partial charge on any atom is -0.364 e. The number of piperidine rings is 1. The molecule has 0 saturated carbocycles. The van der Waals surface area contributed by atoms with Gasteiger partial charge in [-0.15, -0.1) is 0 Å². The van der Waals surface area contributed by atoms with E-state index in [4.69, 9.17) is 5.73 Å². The zero-order chi connectivity index (χ0) is 12.5. The van der Waals surface area contributed by atoms with E-state index in [2.05, 4.69) is 17.0 Å². The van der Waals surface area contributed by atoms with Crippen LogP contribution in [0.3, 0.4) is 0 Å². The van der Waals surface area contributed by atoms with E-state index >= 15 is 0 Å². The number of para-hydroxylation sites is 1. The van der Waals surface area contributed by atoms with Crippen LogP contribution in [0.2, 0.25) is 0 Å². The highest BCUT2D eigenvalue weighted by Gasteiger charge is 2.40. The molecule has 3 heteroatoms. The molecule has 0 spiro atoms. The number of fused-ring (bicyclic) bond motifs is 2. The fourth-order valence-electron chi connectivity index (χ4n) is 3.67. The number of nitrogens with two attached hydrogens (primary N) is 1. The summed E-state index contributed by atoms with van der Waals surface area (Å²) >= 11 is 0. The molecule has 2 N–H and O–H groups in total. The Morgan fingerprint density at radius 1 is 1.22 bits per heavy atom. The molecule has 2 fully saturated rings. The highest BCUT2D eigenvalue weighted by Crippen LogP contribution is 2.42. The van der Waals surface area contributed by atoms with Crippen molar-refractivity contribution in [2.24, 2.45) is 11.7 Å². The van der Waals surface area contributed by atoms with Crippen LogP contribution >= 0.6 is 0 Å². The molecule has 2 unspecified atom stereocenters. The van der Waals surface area contributed by atoms with Crippen LogP contribution in [0.1, 0.15) is 31.2 Å². The Balaban J connectivity index is 1.92. The van der Waals surface area contributed by atoms with Crippen molar-refractivity contribution in [3.05, 3.63) is 29.8 Å². The monoisotopic (exact) mass is 241 g/mol. The predicted octanol–water partition coefficient (Wildman–Crippen LogP) is 2.26. The third-order valence-corrected chi connectivity index (χ3v) is 4.47. The van der Waals surface area contributed by atoms with Gasteiger partial charge in [-0.3, -0.25) is 0 Å². The summed E-state index contributed by atoms with van der Waals surface area (Å²) in [6.45, 7) is 0.806. The van der Waals surface area contributed by atoms with Crippen molar-refractivity contribution in [3.63, 3.8) is 0 Å². The van der Waals surface area contributed by atoms with E-state index in [1.165, 1.54) is 25.7 Å². The Hall–Kier alpha value is -1.53. The number of rotatable bonds is 2. The molecule has 2 bridgehead atoms. The molecule has 1 aromatic carbocycles. The van der Waals surface area contributed by atoms with Gasteiger partial charge in [0.05, 0.1) is 11.3 Å². The van der Waals surface area contributed by atoms with Crippen LogP contribution in [0, 0.1) is 17.2 Å². The van der Waals surface area contributed by atoms with Crippen LogP contribution in [0.15, 0.2) is 24.3 Å². The molecular formula is C15H19N3. The molecule has 1 aromatic rings. The van der Waals surface area contributed by atoms with Crippen LogP contribution in [-0.4, -0.2) is 18.6 Å².